The summed E-state index contributed by atoms with van der Waals surface area (Å²) in [5.74, 6) is 0.362. The zero-order valence-corrected chi connectivity index (χ0v) is 9.11. The van der Waals surface area contributed by atoms with Crippen molar-refractivity contribution in [3.05, 3.63) is 30.3 Å². The maximum Gasteiger partial charge on any atom is 1.00 e. The Morgan fingerprint density at radius 2 is 1.82 bits per heavy atom. The summed E-state index contributed by atoms with van der Waals surface area (Å²) in [5, 5.41) is 0. The van der Waals surface area contributed by atoms with Crippen molar-refractivity contribution < 1.29 is 43.5 Å². The fraction of sp³-hybridized carbons (Fsp3) is 0. The first-order valence-electron chi connectivity index (χ1n) is 2.73. The topological polar surface area (TPSA) is 49.4 Å². The van der Waals surface area contributed by atoms with Crippen LogP contribution in [0.1, 0.15) is 0 Å². The summed E-state index contributed by atoms with van der Waals surface area (Å²) in [5.41, 5.74) is 0. The monoisotopic (exact) mass is 180 g/mol. The van der Waals surface area contributed by atoms with E-state index in [1.165, 1.54) is 0 Å². The van der Waals surface area contributed by atoms with Crippen molar-refractivity contribution in [3.63, 3.8) is 0 Å². The molecule has 54 valence electrons. The van der Waals surface area contributed by atoms with E-state index in [0.717, 1.165) is 0 Å². The molecule has 1 unspecified atom stereocenters. The summed E-state index contributed by atoms with van der Waals surface area (Å²) in [7, 11) is -3.09. The van der Waals surface area contributed by atoms with E-state index in [1.54, 1.807) is 30.3 Å². The summed E-state index contributed by atoms with van der Waals surface area (Å²) < 4.78 is 14.4. The van der Waals surface area contributed by atoms with Gasteiger partial charge in [0.25, 0.3) is 0 Å². The van der Waals surface area contributed by atoms with E-state index in [9.17, 15) is 9.46 Å². The summed E-state index contributed by atoms with van der Waals surface area (Å²) in [6.45, 7) is 0. The predicted molar refractivity (Wildman–Crippen MR) is 36.1 cm³/mol. The van der Waals surface area contributed by atoms with Crippen LogP contribution in [0.25, 0.3) is 0 Å². The molecule has 0 amide bonds. The van der Waals surface area contributed by atoms with Gasteiger partial charge in [-0.15, -0.1) is 0 Å². The van der Waals surface area contributed by atoms with Crippen LogP contribution in [0.2, 0.25) is 0 Å². The molecule has 0 N–H and O–H groups in total. The Bertz CT molecular complexity index is 227. The molecule has 0 aliphatic heterocycles. The zero-order valence-electron chi connectivity index (χ0n) is 6.11. The standard InChI is InChI=1S/C6H7O3P.Na/c7-10(8)9-6-4-2-1-3-5-6;/h1-5,10H,(H,7,8);/q;+1/p-1. The number of hydrogen-bond donors (Lipinski definition) is 0. The Morgan fingerprint density at radius 3 is 2.27 bits per heavy atom. The van der Waals surface area contributed by atoms with Crippen molar-refractivity contribution >= 4 is 8.25 Å². The molecule has 5 heteroatoms. The molecule has 1 aromatic rings. The van der Waals surface area contributed by atoms with Crippen molar-refractivity contribution in [2.24, 2.45) is 0 Å². The average molecular weight is 180 g/mol. The number of para-hydroxylation sites is 1. The van der Waals surface area contributed by atoms with Crippen LogP contribution in [0.4, 0.5) is 0 Å². The Hall–Kier alpha value is 0.210. The minimum atomic E-state index is -3.09. The smallest absolute Gasteiger partial charge is 0.771 e. The first kappa shape index (κ1) is 11.2. The zero-order chi connectivity index (χ0) is 7.40. The van der Waals surface area contributed by atoms with E-state index in [0.29, 0.717) is 5.75 Å². The quantitative estimate of drug-likeness (QED) is 0.384. The van der Waals surface area contributed by atoms with Gasteiger partial charge in [0, 0.05) is 0 Å². The van der Waals surface area contributed by atoms with Gasteiger partial charge in [0.1, 0.15) is 5.75 Å². The summed E-state index contributed by atoms with van der Waals surface area (Å²) in [4.78, 5) is 10.0. The summed E-state index contributed by atoms with van der Waals surface area (Å²) in [6, 6.07) is 8.37. The molecule has 1 atom stereocenters. The largest absolute Gasteiger partial charge is 1.00 e. The third-order valence-electron chi connectivity index (χ3n) is 0.944. The molecule has 0 heterocycles. The van der Waals surface area contributed by atoms with E-state index in [-0.39, 0.29) is 29.6 Å². The molecule has 0 fully saturated rings. The maximum atomic E-state index is 10.0. The Balaban J connectivity index is 0.000001000. The average Bonchev–Trinajstić information content (AvgIpc) is 1.88. The molecule has 3 nitrogen and oxygen atoms in total. The Morgan fingerprint density at radius 1 is 1.27 bits per heavy atom. The van der Waals surface area contributed by atoms with Crippen molar-refractivity contribution in [2.75, 3.05) is 0 Å². The van der Waals surface area contributed by atoms with Crippen LogP contribution < -0.4 is 39.0 Å². The molecule has 0 saturated heterocycles. The first-order valence-corrected chi connectivity index (χ1v) is 3.95. The molecular formula is C6H6NaO3P. The molecule has 1 aromatic carbocycles. The third kappa shape index (κ3) is 4.62. The second-order valence-corrected chi connectivity index (χ2v) is 2.37. The van der Waals surface area contributed by atoms with Crippen LogP contribution in [0.15, 0.2) is 30.3 Å². The second kappa shape index (κ2) is 5.81. The maximum absolute atomic E-state index is 10.0. The fourth-order valence-electron chi connectivity index (χ4n) is 0.585. The van der Waals surface area contributed by atoms with E-state index >= 15 is 0 Å². The molecule has 0 aliphatic carbocycles. The van der Waals surface area contributed by atoms with Crippen LogP contribution in [-0.2, 0) is 4.57 Å². The molecule has 1 rings (SSSR count). The van der Waals surface area contributed by atoms with Gasteiger partial charge in [-0.05, 0) is 12.1 Å². The number of hydrogen-bond acceptors (Lipinski definition) is 3. The molecule has 0 aromatic heterocycles. The predicted octanol–water partition coefficient (Wildman–Crippen LogP) is -2.18. The van der Waals surface area contributed by atoms with Crippen molar-refractivity contribution in [2.45, 2.75) is 0 Å². The van der Waals surface area contributed by atoms with Gasteiger partial charge in [-0.1, -0.05) is 18.2 Å². The van der Waals surface area contributed by atoms with E-state index in [2.05, 4.69) is 4.52 Å². The second-order valence-electron chi connectivity index (χ2n) is 1.67. The van der Waals surface area contributed by atoms with Gasteiger partial charge in [-0.2, -0.15) is 0 Å². The van der Waals surface area contributed by atoms with Crippen LogP contribution in [0.3, 0.4) is 0 Å². The molecular weight excluding hydrogens is 174 g/mol. The minimum absolute atomic E-state index is 0. The van der Waals surface area contributed by atoms with E-state index < -0.39 is 8.25 Å². The summed E-state index contributed by atoms with van der Waals surface area (Å²) >= 11 is 0. The van der Waals surface area contributed by atoms with Crippen LogP contribution in [0.5, 0.6) is 5.75 Å². The van der Waals surface area contributed by atoms with Gasteiger partial charge in [0.05, 0.1) is 0 Å². The van der Waals surface area contributed by atoms with Crippen molar-refractivity contribution in [3.8, 4) is 5.75 Å². The first-order chi connectivity index (χ1) is 4.79. The van der Waals surface area contributed by atoms with Gasteiger partial charge in [0.15, 0.2) is 8.25 Å². The molecule has 0 spiro atoms. The Kier molecular flexibility index (Phi) is 5.92. The SMILES string of the molecule is O=[PH]([O-])Oc1ccccc1.[Na+]. The minimum Gasteiger partial charge on any atom is -0.771 e. The molecule has 0 radical (unpaired) electrons. The normalized spacial score (nSPS) is 11.4. The van der Waals surface area contributed by atoms with Gasteiger partial charge in [-0.3, -0.25) is 4.57 Å². The Labute approximate surface area is 87.6 Å². The molecule has 0 bridgehead atoms. The third-order valence-corrected chi connectivity index (χ3v) is 1.35. The fourth-order valence-corrected chi connectivity index (χ4v) is 0.913. The number of benzene rings is 1. The van der Waals surface area contributed by atoms with Gasteiger partial charge in [0.2, 0.25) is 0 Å². The molecule has 11 heavy (non-hydrogen) atoms. The summed E-state index contributed by atoms with van der Waals surface area (Å²) in [6.07, 6.45) is 0. The van der Waals surface area contributed by atoms with Gasteiger partial charge < -0.3 is 9.42 Å². The van der Waals surface area contributed by atoms with E-state index in [1.807, 2.05) is 0 Å². The van der Waals surface area contributed by atoms with Gasteiger partial charge >= 0.3 is 29.6 Å². The number of rotatable bonds is 2. The van der Waals surface area contributed by atoms with Crippen molar-refractivity contribution in [1.29, 1.82) is 0 Å². The van der Waals surface area contributed by atoms with Crippen molar-refractivity contribution in [1.82, 2.24) is 0 Å². The van der Waals surface area contributed by atoms with Crippen LogP contribution >= 0.6 is 8.25 Å². The van der Waals surface area contributed by atoms with Crippen LogP contribution in [0, 0.1) is 0 Å². The molecule has 0 saturated carbocycles. The van der Waals surface area contributed by atoms with Crippen LogP contribution in [-0.4, -0.2) is 0 Å². The molecule has 0 aliphatic rings. The van der Waals surface area contributed by atoms with E-state index in [4.69, 9.17) is 0 Å². The van der Waals surface area contributed by atoms with Gasteiger partial charge in [-0.25, -0.2) is 0 Å².